The third kappa shape index (κ3) is 9.11. The van der Waals surface area contributed by atoms with Gasteiger partial charge in [0, 0.05) is 62.5 Å². The molecule has 6 aliphatic rings. The number of fused-ring (bicyclic) bond motifs is 2. The molecule has 2 N–H and O–H groups in total. The maximum Gasteiger partial charge on any atom is 0.248 e. The standard InChI is InChI=1S/C52H76N6O4/c1-37-31-39-33-45-43(19-21-47(59)53-45)51(35-37)41(39)17-15-27-57(51)49(61)23-29-55(3)25-13-11-9-7-5-6-8-10-12-14-26-56(4)30-24-50(62)58-28-16-18-42-40-32-38(2)36-52(42,58)44-20-22-48(60)54-46(44)34-40/h19-22,31-32,39-42H,5-18,23-30,33-36H2,1-4H3,(H,53,59)(H,54,60)/t39?,40?,41?,42?,51-,52-/m1/s1. The van der Waals surface area contributed by atoms with Crippen molar-refractivity contribution in [2.24, 2.45) is 23.7 Å². The Balaban J connectivity index is 0.673. The normalized spacial score (nSPS) is 27.3. The lowest BCUT2D eigenvalue weighted by Crippen LogP contribution is -2.62. The lowest BCUT2D eigenvalue weighted by Gasteiger charge is -2.59. The molecule has 4 aliphatic carbocycles. The van der Waals surface area contributed by atoms with Crippen molar-refractivity contribution in [3.05, 3.63) is 90.8 Å². The van der Waals surface area contributed by atoms with Crippen molar-refractivity contribution in [3.8, 4) is 0 Å². The lowest BCUT2D eigenvalue weighted by molar-refractivity contribution is -0.149. The Morgan fingerprint density at radius 3 is 1.39 bits per heavy atom. The molecule has 4 bridgehead atoms. The fourth-order valence-electron chi connectivity index (χ4n) is 13.6. The van der Waals surface area contributed by atoms with E-state index >= 15 is 0 Å². The van der Waals surface area contributed by atoms with Crippen LogP contribution in [0.4, 0.5) is 0 Å². The molecule has 2 aromatic heterocycles. The Morgan fingerprint density at radius 1 is 0.597 bits per heavy atom. The van der Waals surface area contributed by atoms with Gasteiger partial charge in [-0.15, -0.1) is 0 Å². The Labute approximate surface area is 371 Å². The molecular weight excluding hydrogens is 773 g/mol. The number of nitrogens with zero attached hydrogens (tertiary/aromatic N) is 4. The van der Waals surface area contributed by atoms with E-state index in [1.165, 1.54) is 86.5 Å². The maximum absolute atomic E-state index is 14.0. The van der Waals surface area contributed by atoms with E-state index in [0.717, 1.165) is 102 Å². The summed E-state index contributed by atoms with van der Waals surface area (Å²) in [7, 11) is 4.33. The number of amides is 2. The van der Waals surface area contributed by atoms with Gasteiger partial charge in [0.05, 0.1) is 11.1 Å². The van der Waals surface area contributed by atoms with E-state index in [2.05, 4.69) is 69.7 Å². The molecular formula is C52H76N6O4. The number of piperidine rings is 2. The Kier molecular flexibility index (Phi) is 14.1. The van der Waals surface area contributed by atoms with Gasteiger partial charge in [-0.2, -0.15) is 0 Å². The van der Waals surface area contributed by atoms with Crippen LogP contribution in [-0.4, -0.2) is 94.7 Å². The molecule has 2 saturated heterocycles. The molecule has 0 radical (unpaired) electrons. The number of nitrogens with one attached hydrogen (secondary N) is 2. The summed E-state index contributed by atoms with van der Waals surface area (Å²) in [5.74, 6) is 2.15. The maximum atomic E-state index is 14.0. The van der Waals surface area contributed by atoms with Crippen LogP contribution >= 0.6 is 0 Å². The number of pyridine rings is 2. The first-order valence-electron chi connectivity index (χ1n) is 24.8. The summed E-state index contributed by atoms with van der Waals surface area (Å²) in [5, 5.41) is 0. The van der Waals surface area contributed by atoms with Crippen LogP contribution < -0.4 is 11.1 Å². The van der Waals surface area contributed by atoms with Crippen molar-refractivity contribution in [3.63, 3.8) is 0 Å². The number of H-pyrrole nitrogens is 2. The third-order valence-corrected chi connectivity index (χ3v) is 16.3. The lowest BCUT2D eigenvalue weighted by atomic mass is 9.56. The van der Waals surface area contributed by atoms with Crippen molar-refractivity contribution >= 4 is 11.8 Å². The highest BCUT2D eigenvalue weighted by Crippen LogP contribution is 2.58. The number of likely N-dealkylation sites (tertiary alicyclic amines) is 2. The fraction of sp³-hybridized carbons (Fsp3) is 0.692. The average Bonchev–Trinajstić information content (AvgIpc) is 3.23. The molecule has 0 aromatic carbocycles. The Hall–Kier alpha value is -3.76. The summed E-state index contributed by atoms with van der Waals surface area (Å²) in [4.78, 5) is 68.0. The molecule has 10 heteroatoms. The summed E-state index contributed by atoms with van der Waals surface area (Å²) >= 11 is 0. The van der Waals surface area contributed by atoms with Gasteiger partial charge >= 0.3 is 0 Å². The van der Waals surface area contributed by atoms with Crippen LogP contribution in [-0.2, 0) is 33.5 Å². The van der Waals surface area contributed by atoms with Crippen LogP contribution in [0.15, 0.2) is 57.2 Å². The van der Waals surface area contributed by atoms with Gasteiger partial charge in [-0.05, 0) is 152 Å². The van der Waals surface area contributed by atoms with E-state index in [4.69, 9.17) is 0 Å². The molecule has 4 unspecified atom stereocenters. The predicted molar refractivity (Wildman–Crippen MR) is 248 cm³/mol. The number of hydrogen-bond donors (Lipinski definition) is 2. The molecule has 8 rings (SSSR count). The van der Waals surface area contributed by atoms with Crippen LogP contribution in [0.25, 0.3) is 0 Å². The van der Waals surface area contributed by atoms with E-state index in [-0.39, 0.29) is 34.0 Å². The number of carbonyl (C=O) groups excluding carboxylic acids is 2. The van der Waals surface area contributed by atoms with Crippen LogP contribution in [0.5, 0.6) is 0 Å². The van der Waals surface area contributed by atoms with Crippen LogP contribution in [0.3, 0.4) is 0 Å². The topological polar surface area (TPSA) is 113 Å². The minimum Gasteiger partial charge on any atom is -0.332 e. The van der Waals surface area contributed by atoms with Gasteiger partial charge in [0.2, 0.25) is 22.9 Å². The van der Waals surface area contributed by atoms with E-state index in [1.807, 2.05) is 12.1 Å². The Morgan fingerprint density at radius 2 is 0.984 bits per heavy atom. The second-order valence-corrected chi connectivity index (χ2v) is 20.6. The minimum atomic E-state index is -0.320. The van der Waals surface area contributed by atoms with Gasteiger partial charge < -0.3 is 29.6 Å². The molecule has 2 fully saturated rings. The first-order valence-corrected chi connectivity index (χ1v) is 24.8. The zero-order valence-corrected chi connectivity index (χ0v) is 38.6. The quantitative estimate of drug-likeness (QED) is 0.109. The third-order valence-electron chi connectivity index (χ3n) is 16.3. The van der Waals surface area contributed by atoms with Crippen LogP contribution in [0.1, 0.15) is 152 Å². The molecule has 6 atom stereocenters. The number of aromatic nitrogens is 2. The highest BCUT2D eigenvalue weighted by Gasteiger charge is 2.58. The van der Waals surface area contributed by atoms with Crippen molar-refractivity contribution in [1.82, 2.24) is 29.6 Å². The summed E-state index contributed by atoms with van der Waals surface area (Å²) in [6.07, 6.45) is 26.5. The zero-order valence-electron chi connectivity index (χ0n) is 38.6. The Bertz CT molecular complexity index is 1960. The van der Waals surface area contributed by atoms with Crippen molar-refractivity contribution < 1.29 is 9.59 Å². The van der Waals surface area contributed by atoms with E-state index in [9.17, 15) is 19.2 Å². The van der Waals surface area contributed by atoms with Crippen LogP contribution in [0, 0.1) is 23.7 Å². The predicted octanol–water partition coefficient (Wildman–Crippen LogP) is 8.22. The van der Waals surface area contributed by atoms with Crippen molar-refractivity contribution in [2.45, 2.75) is 153 Å². The number of carbonyl (C=O) groups is 2. The first kappa shape index (κ1) is 44.8. The molecule has 338 valence electrons. The van der Waals surface area contributed by atoms with Gasteiger partial charge in [-0.3, -0.25) is 19.2 Å². The summed E-state index contributed by atoms with van der Waals surface area (Å²) in [6.45, 7) is 9.70. The monoisotopic (exact) mass is 849 g/mol. The smallest absolute Gasteiger partial charge is 0.248 e. The molecule has 2 aliphatic heterocycles. The largest absolute Gasteiger partial charge is 0.332 e. The molecule has 4 heterocycles. The van der Waals surface area contributed by atoms with Gasteiger partial charge in [-0.25, -0.2) is 0 Å². The number of hydrogen-bond acceptors (Lipinski definition) is 6. The van der Waals surface area contributed by atoms with Gasteiger partial charge in [0.15, 0.2) is 0 Å². The first-order chi connectivity index (χ1) is 30.0. The molecule has 2 aromatic rings. The molecule has 2 amide bonds. The highest BCUT2D eigenvalue weighted by atomic mass is 16.2. The summed E-state index contributed by atoms with van der Waals surface area (Å²) < 4.78 is 0. The van der Waals surface area contributed by atoms with Crippen molar-refractivity contribution in [2.75, 3.05) is 53.4 Å². The van der Waals surface area contributed by atoms with Gasteiger partial charge in [-0.1, -0.05) is 74.7 Å². The fourth-order valence-corrected chi connectivity index (χ4v) is 13.6. The van der Waals surface area contributed by atoms with E-state index in [1.54, 1.807) is 12.1 Å². The summed E-state index contributed by atoms with van der Waals surface area (Å²) in [5.41, 5.74) is 6.46. The van der Waals surface area contributed by atoms with E-state index in [0.29, 0.717) is 36.5 Å². The van der Waals surface area contributed by atoms with E-state index < -0.39 is 0 Å². The highest BCUT2D eigenvalue weighted by molar-refractivity contribution is 5.79. The SMILES string of the molecule is CC1=CC2Cc3[nH]c(=O)ccc3[C@@]3(C1)C2CCCN3C(=O)CCN(C)CCCCCCCCCCCCN(C)CCC(=O)N1CCCC2C3C=C(C)C[C@]21c1ccc(=O)[nH]c1C3. The van der Waals surface area contributed by atoms with Crippen LogP contribution in [0.2, 0.25) is 0 Å². The molecule has 0 spiro atoms. The number of allylic oxidation sites excluding steroid dienone is 2. The average molecular weight is 849 g/mol. The molecule has 10 nitrogen and oxygen atoms in total. The molecule has 62 heavy (non-hydrogen) atoms. The number of aromatic amines is 2. The zero-order chi connectivity index (χ0) is 43.4. The van der Waals surface area contributed by atoms with Crippen molar-refractivity contribution in [1.29, 1.82) is 0 Å². The number of rotatable bonds is 19. The second-order valence-electron chi connectivity index (χ2n) is 20.6. The molecule has 0 saturated carbocycles. The summed E-state index contributed by atoms with van der Waals surface area (Å²) in [6, 6.07) is 7.37. The van der Waals surface area contributed by atoms with Gasteiger partial charge in [0.1, 0.15) is 0 Å². The minimum absolute atomic E-state index is 0.0450. The number of unbranched alkanes of at least 4 members (excludes halogenated alkanes) is 9. The second kappa shape index (κ2) is 19.5. The van der Waals surface area contributed by atoms with Gasteiger partial charge in [0.25, 0.3) is 0 Å².